The van der Waals surface area contributed by atoms with Crippen LogP contribution in [0.3, 0.4) is 0 Å². The molecule has 31 heavy (non-hydrogen) atoms. The highest BCUT2D eigenvalue weighted by Crippen LogP contribution is 2.70. The minimum Gasteiger partial charge on any atom is -0.313 e. The summed E-state index contributed by atoms with van der Waals surface area (Å²) in [6, 6.07) is 1.21. The van der Waals surface area contributed by atoms with Crippen LogP contribution in [-0.4, -0.2) is 25.2 Å². The molecule has 8 atom stereocenters. The quantitative estimate of drug-likeness (QED) is 0.312. The third-order valence-electron chi connectivity index (χ3n) is 11.3. The third kappa shape index (κ3) is 4.26. The van der Waals surface area contributed by atoms with Crippen molar-refractivity contribution in [3.63, 3.8) is 0 Å². The first-order chi connectivity index (χ1) is 14.7. The predicted octanol–water partition coefficient (Wildman–Crippen LogP) is 6.30. The molecule has 4 fully saturated rings. The van der Waals surface area contributed by atoms with Crippen molar-refractivity contribution in [3.8, 4) is 0 Å². The van der Waals surface area contributed by atoms with Gasteiger partial charge in [-0.1, -0.05) is 54.4 Å². The fourth-order valence-electron chi connectivity index (χ4n) is 9.34. The Bertz CT molecular complexity index is 605. The van der Waals surface area contributed by atoms with Crippen molar-refractivity contribution in [1.82, 2.24) is 16.2 Å². The molecule has 3 nitrogen and oxygen atoms in total. The summed E-state index contributed by atoms with van der Waals surface area (Å²) in [6.07, 6.45) is 16.1. The highest BCUT2D eigenvalue weighted by atomic mass is 15.4. The van der Waals surface area contributed by atoms with Crippen molar-refractivity contribution in [1.29, 1.82) is 0 Å². The maximum atomic E-state index is 3.72. The zero-order valence-electron chi connectivity index (χ0n) is 21.7. The van der Waals surface area contributed by atoms with Crippen LogP contribution in [-0.2, 0) is 0 Å². The van der Waals surface area contributed by atoms with Crippen LogP contribution in [0.1, 0.15) is 112 Å². The van der Waals surface area contributed by atoms with E-state index in [2.05, 4.69) is 57.7 Å². The smallest absolute Gasteiger partial charge is 0.0225 e. The van der Waals surface area contributed by atoms with Gasteiger partial charge in [0, 0.05) is 25.2 Å². The van der Waals surface area contributed by atoms with Crippen molar-refractivity contribution in [3.05, 3.63) is 0 Å². The maximum Gasteiger partial charge on any atom is 0.0225 e. The number of hydrazine groups is 1. The minimum absolute atomic E-state index is 0.511. The molecular formula is C28H53N3. The van der Waals surface area contributed by atoms with Crippen LogP contribution in [0.5, 0.6) is 0 Å². The van der Waals surface area contributed by atoms with E-state index in [1.165, 1.54) is 70.6 Å². The average molecular weight is 432 g/mol. The molecule has 0 heterocycles. The molecule has 6 unspecified atom stereocenters. The number of nitrogens with one attached hydrogen (secondary N) is 3. The van der Waals surface area contributed by atoms with Gasteiger partial charge in [0.2, 0.25) is 0 Å². The van der Waals surface area contributed by atoms with Crippen LogP contribution in [0.15, 0.2) is 0 Å². The molecule has 4 rings (SSSR count). The fraction of sp³-hybridized carbons (Fsp3) is 1.00. The highest BCUT2D eigenvalue weighted by Gasteiger charge is 2.63. The molecule has 0 saturated heterocycles. The van der Waals surface area contributed by atoms with Gasteiger partial charge in [-0.3, -0.25) is 10.9 Å². The largest absolute Gasteiger partial charge is 0.313 e. The van der Waals surface area contributed by atoms with E-state index >= 15 is 0 Å². The Kier molecular flexibility index (Phi) is 7.17. The van der Waals surface area contributed by atoms with Crippen LogP contribution >= 0.6 is 0 Å². The third-order valence-corrected chi connectivity index (χ3v) is 11.3. The molecule has 0 bridgehead atoms. The molecule has 3 heteroatoms. The van der Waals surface area contributed by atoms with Crippen molar-refractivity contribution >= 4 is 0 Å². The summed E-state index contributed by atoms with van der Waals surface area (Å²) in [6.45, 7) is 17.0. The summed E-state index contributed by atoms with van der Waals surface area (Å²) in [4.78, 5) is 0. The molecule has 0 aromatic rings. The molecule has 0 aliphatic heterocycles. The SMILES string of the molecule is CCCC1CCC2C3CCC4(C)CC(NNCCNC(C)C)CC[C@]4(C)C3CC[C@]12C. The van der Waals surface area contributed by atoms with Gasteiger partial charge < -0.3 is 5.32 Å². The zero-order chi connectivity index (χ0) is 22.3. The maximum absolute atomic E-state index is 3.72. The first-order valence-electron chi connectivity index (χ1n) is 14.0. The molecule has 0 spiro atoms. The van der Waals surface area contributed by atoms with E-state index in [4.69, 9.17) is 0 Å². The summed E-state index contributed by atoms with van der Waals surface area (Å²) in [5.74, 6) is 4.04. The van der Waals surface area contributed by atoms with Gasteiger partial charge in [-0.25, -0.2) is 0 Å². The van der Waals surface area contributed by atoms with E-state index in [9.17, 15) is 0 Å². The van der Waals surface area contributed by atoms with E-state index < -0.39 is 0 Å². The van der Waals surface area contributed by atoms with Crippen LogP contribution in [0.4, 0.5) is 0 Å². The molecule has 0 aromatic carbocycles. The Morgan fingerprint density at radius 2 is 1.68 bits per heavy atom. The van der Waals surface area contributed by atoms with E-state index in [1.807, 2.05) is 0 Å². The van der Waals surface area contributed by atoms with E-state index in [-0.39, 0.29) is 0 Å². The molecule has 4 aliphatic rings. The molecule has 4 saturated carbocycles. The molecule has 0 amide bonds. The van der Waals surface area contributed by atoms with Crippen molar-refractivity contribution < 1.29 is 0 Å². The first-order valence-corrected chi connectivity index (χ1v) is 14.0. The van der Waals surface area contributed by atoms with E-state index in [0.717, 1.165) is 36.8 Å². The number of rotatable bonds is 8. The van der Waals surface area contributed by atoms with Crippen molar-refractivity contribution in [2.24, 2.45) is 39.9 Å². The highest BCUT2D eigenvalue weighted by molar-refractivity contribution is 5.12. The lowest BCUT2D eigenvalue weighted by molar-refractivity contribution is -0.157. The van der Waals surface area contributed by atoms with Crippen molar-refractivity contribution in [2.75, 3.05) is 13.1 Å². The van der Waals surface area contributed by atoms with Gasteiger partial charge in [0.05, 0.1) is 0 Å². The van der Waals surface area contributed by atoms with Gasteiger partial charge in [-0.05, 0) is 97.7 Å². The Balaban J connectivity index is 1.39. The molecule has 0 aromatic heterocycles. The van der Waals surface area contributed by atoms with Crippen LogP contribution in [0, 0.1) is 39.9 Å². The molecule has 3 N–H and O–H groups in total. The second kappa shape index (κ2) is 9.26. The van der Waals surface area contributed by atoms with Gasteiger partial charge in [0.25, 0.3) is 0 Å². The summed E-state index contributed by atoms with van der Waals surface area (Å²) in [7, 11) is 0. The van der Waals surface area contributed by atoms with E-state index in [1.54, 1.807) is 0 Å². The van der Waals surface area contributed by atoms with Crippen molar-refractivity contribution in [2.45, 2.75) is 124 Å². The summed E-state index contributed by atoms with van der Waals surface area (Å²) in [5, 5.41) is 3.50. The molecule has 0 radical (unpaired) electrons. The van der Waals surface area contributed by atoms with E-state index in [0.29, 0.717) is 28.3 Å². The molecule has 180 valence electrons. The second-order valence-electron chi connectivity index (χ2n) is 13.1. The lowest BCUT2D eigenvalue weighted by Crippen LogP contribution is -2.60. The normalized spacial score (nSPS) is 47.1. The fourth-order valence-corrected chi connectivity index (χ4v) is 9.34. The Labute approximate surface area is 193 Å². The Morgan fingerprint density at radius 1 is 0.871 bits per heavy atom. The number of hydrogen-bond acceptors (Lipinski definition) is 3. The van der Waals surface area contributed by atoms with Gasteiger partial charge in [0.15, 0.2) is 0 Å². The number of fused-ring (bicyclic) bond motifs is 5. The average Bonchev–Trinajstić information content (AvgIpc) is 3.05. The van der Waals surface area contributed by atoms with Gasteiger partial charge in [-0.2, -0.15) is 0 Å². The summed E-state index contributed by atoms with van der Waals surface area (Å²) in [5.41, 5.74) is 8.97. The van der Waals surface area contributed by atoms with Gasteiger partial charge in [0.1, 0.15) is 0 Å². The lowest BCUT2D eigenvalue weighted by atomic mass is 9.40. The van der Waals surface area contributed by atoms with Gasteiger partial charge in [-0.15, -0.1) is 0 Å². The monoisotopic (exact) mass is 431 g/mol. The topological polar surface area (TPSA) is 36.1 Å². The predicted molar refractivity (Wildman–Crippen MR) is 133 cm³/mol. The molecular weight excluding hydrogens is 378 g/mol. The first kappa shape index (κ1) is 24.0. The summed E-state index contributed by atoms with van der Waals surface area (Å²) >= 11 is 0. The van der Waals surface area contributed by atoms with Crippen LogP contribution in [0.25, 0.3) is 0 Å². The lowest BCUT2D eigenvalue weighted by Gasteiger charge is -2.65. The second-order valence-corrected chi connectivity index (χ2v) is 13.1. The zero-order valence-corrected chi connectivity index (χ0v) is 21.7. The molecule has 4 aliphatic carbocycles. The van der Waals surface area contributed by atoms with Gasteiger partial charge >= 0.3 is 0 Å². The van der Waals surface area contributed by atoms with Crippen LogP contribution in [0.2, 0.25) is 0 Å². The standard InChI is InChI=1S/C28H53N3/c1-7-8-21-9-10-24-23-12-14-26(4)19-22(31-30-18-17-29-20(2)3)11-16-28(26,6)25(23)13-15-27(21,24)5/h20-25,29-31H,7-19H2,1-6H3/t21?,22?,23?,24?,25?,26?,27-,28-/m1/s1. The summed E-state index contributed by atoms with van der Waals surface area (Å²) < 4.78 is 0. The Morgan fingerprint density at radius 3 is 2.42 bits per heavy atom. The number of hydrogen-bond donors (Lipinski definition) is 3. The minimum atomic E-state index is 0.511. The van der Waals surface area contributed by atoms with Crippen LogP contribution < -0.4 is 16.2 Å². The Hall–Kier alpha value is -0.120.